The van der Waals surface area contributed by atoms with Crippen molar-refractivity contribution >= 4 is 11.6 Å². The van der Waals surface area contributed by atoms with E-state index in [1.165, 1.54) is 16.7 Å². The highest BCUT2D eigenvalue weighted by molar-refractivity contribution is 5.85. The van der Waals surface area contributed by atoms with Crippen LogP contribution in [0, 0.1) is 23.7 Å². The van der Waals surface area contributed by atoms with Crippen LogP contribution in [0.2, 0.25) is 0 Å². The zero-order valence-corrected chi connectivity index (χ0v) is 19.3. The molecule has 0 spiro atoms. The van der Waals surface area contributed by atoms with Gasteiger partial charge in [0.2, 0.25) is 0 Å². The van der Waals surface area contributed by atoms with Gasteiger partial charge >= 0.3 is 0 Å². The van der Waals surface area contributed by atoms with E-state index in [0.717, 1.165) is 32.1 Å². The fraction of sp³-hybridized carbons (Fsp3) is 0.692. The summed E-state index contributed by atoms with van der Waals surface area (Å²) in [5, 5.41) is 0. The lowest BCUT2D eigenvalue weighted by Gasteiger charge is -2.30. The molecule has 1 rings (SSSR count). The van der Waals surface area contributed by atoms with Crippen LogP contribution in [0.1, 0.15) is 93.4 Å². The third-order valence-electron chi connectivity index (χ3n) is 6.32. The van der Waals surface area contributed by atoms with Gasteiger partial charge in [-0.1, -0.05) is 48.8 Å². The van der Waals surface area contributed by atoms with Crippen molar-refractivity contribution in [1.82, 2.24) is 0 Å². The van der Waals surface area contributed by atoms with Crippen LogP contribution in [0.25, 0.3) is 0 Å². The van der Waals surface area contributed by atoms with Gasteiger partial charge < -0.3 is 0 Å². The van der Waals surface area contributed by atoms with Crippen molar-refractivity contribution in [2.45, 2.75) is 93.4 Å². The van der Waals surface area contributed by atoms with Gasteiger partial charge in [0.15, 0.2) is 0 Å². The largest absolute Gasteiger partial charge is 0.300 e. The van der Waals surface area contributed by atoms with E-state index in [9.17, 15) is 9.59 Å². The van der Waals surface area contributed by atoms with E-state index in [4.69, 9.17) is 0 Å². The lowest BCUT2D eigenvalue weighted by molar-refractivity contribution is -0.124. The van der Waals surface area contributed by atoms with Crippen molar-refractivity contribution in [3.63, 3.8) is 0 Å². The molecule has 0 aliphatic heterocycles. The summed E-state index contributed by atoms with van der Waals surface area (Å²) >= 11 is 0. The van der Waals surface area contributed by atoms with Crippen molar-refractivity contribution in [1.29, 1.82) is 0 Å². The van der Waals surface area contributed by atoms with Gasteiger partial charge in [-0.2, -0.15) is 0 Å². The van der Waals surface area contributed by atoms with Gasteiger partial charge in [0.25, 0.3) is 0 Å². The summed E-state index contributed by atoms with van der Waals surface area (Å²) in [5.41, 5.74) is 3.91. The number of hydrogen-bond donors (Lipinski definition) is 0. The van der Waals surface area contributed by atoms with Gasteiger partial charge in [0.05, 0.1) is 0 Å². The fourth-order valence-corrected chi connectivity index (χ4v) is 4.01. The van der Waals surface area contributed by atoms with E-state index in [1.807, 2.05) is 0 Å². The third-order valence-corrected chi connectivity index (χ3v) is 6.32. The molecule has 1 aliphatic rings. The average Bonchev–Trinajstić information content (AvgIpc) is 2.60. The summed E-state index contributed by atoms with van der Waals surface area (Å²) in [6.07, 6.45) is 12.9. The SMILES string of the molecule is CC(=O)C(CC=C(C)CCC=C(C)C)CCC(=O)C1CC(C(C)C)CC=C1C. The quantitative estimate of drug-likeness (QED) is 0.350. The first-order valence-corrected chi connectivity index (χ1v) is 11.1. The van der Waals surface area contributed by atoms with Crippen LogP contribution >= 0.6 is 0 Å². The van der Waals surface area contributed by atoms with E-state index in [1.54, 1.807) is 6.92 Å². The monoisotopic (exact) mass is 386 g/mol. The zero-order chi connectivity index (χ0) is 21.3. The molecule has 0 heterocycles. The van der Waals surface area contributed by atoms with Crippen molar-refractivity contribution in [3.05, 3.63) is 34.9 Å². The lowest BCUT2D eigenvalue weighted by atomic mass is 9.74. The maximum absolute atomic E-state index is 12.9. The molecule has 0 aromatic carbocycles. The molecule has 0 bridgehead atoms. The topological polar surface area (TPSA) is 34.1 Å². The van der Waals surface area contributed by atoms with Crippen LogP contribution in [0.3, 0.4) is 0 Å². The molecule has 0 saturated heterocycles. The minimum Gasteiger partial charge on any atom is -0.300 e. The number of ketones is 2. The lowest BCUT2D eigenvalue weighted by Crippen LogP contribution is -2.26. The van der Waals surface area contributed by atoms with Crippen LogP contribution in [0.4, 0.5) is 0 Å². The summed E-state index contributed by atoms with van der Waals surface area (Å²) in [6.45, 7) is 14.6. The highest BCUT2D eigenvalue weighted by Gasteiger charge is 2.29. The van der Waals surface area contributed by atoms with Crippen LogP contribution in [-0.2, 0) is 9.59 Å². The molecular weight excluding hydrogens is 344 g/mol. The van der Waals surface area contributed by atoms with Crippen LogP contribution in [-0.4, -0.2) is 11.6 Å². The summed E-state index contributed by atoms with van der Waals surface area (Å²) in [4.78, 5) is 25.0. The van der Waals surface area contributed by atoms with E-state index in [-0.39, 0.29) is 17.6 Å². The average molecular weight is 387 g/mol. The second kappa shape index (κ2) is 12.2. The number of carbonyl (C=O) groups excluding carboxylic acids is 2. The van der Waals surface area contributed by atoms with Crippen molar-refractivity contribution in [2.75, 3.05) is 0 Å². The Bertz CT molecular complexity index is 614. The molecule has 0 aromatic heterocycles. The number of Topliss-reactive ketones (excluding diaryl/α,β-unsaturated/α-hetero) is 2. The first kappa shape index (κ1) is 24.6. The van der Waals surface area contributed by atoms with Crippen molar-refractivity contribution < 1.29 is 9.59 Å². The molecule has 0 amide bonds. The van der Waals surface area contributed by atoms with Gasteiger partial charge in [0, 0.05) is 18.3 Å². The van der Waals surface area contributed by atoms with Crippen LogP contribution < -0.4 is 0 Å². The molecule has 1 aliphatic carbocycles. The maximum atomic E-state index is 12.9. The highest BCUT2D eigenvalue weighted by Crippen LogP contribution is 2.35. The first-order chi connectivity index (χ1) is 13.1. The van der Waals surface area contributed by atoms with Crippen LogP contribution in [0.15, 0.2) is 34.9 Å². The predicted octanol–water partition coefficient (Wildman–Crippen LogP) is 7.25. The summed E-state index contributed by atoms with van der Waals surface area (Å²) in [6, 6.07) is 0. The van der Waals surface area contributed by atoms with Gasteiger partial charge in [-0.05, 0) is 85.0 Å². The van der Waals surface area contributed by atoms with E-state index in [2.05, 4.69) is 59.8 Å². The minimum absolute atomic E-state index is 0.0314. The summed E-state index contributed by atoms with van der Waals surface area (Å²) in [5.74, 6) is 1.79. The molecule has 2 heteroatoms. The standard InChI is InChI=1S/C26H42O2/c1-18(2)9-8-10-20(5)11-13-23(22(7)27)15-16-26(28)25-17-24(19(3)4)14-12-21(25)6/h9,11-12,19,23-25H,8,10,13-17H2,1-7H3. The van der Waals surface area contributed by atoms with Crippen molar-refractivity contribution in [2.24, 2.45) is 23.7 Å². The second-order valence-electron chi connectivity index (χ2n) is 9.40. The Kier molecular flexibility index (Phi) is 10.7. The van der Waals surface area contributed by atoms with Gasteiger partial charge in [0.1, 0.15) is 11.6 Å². The zero-order valence-electron chi connectivity index (χ0n) is 19.3. The molecule has 0 aromatic rings. The molecule has 3 atom stereocenters. The Morgan fingerprint density at radius 2 is 1.79 bits per heavy atom. The molecule has 0 radical (unpaired) electrons. The predicted molar refractivity (Wildman–Crippen MR) is 120 cm³/mol. The molecule has 28 heavy (non-hydrogen) atoms. The summed E-state index contributed by atoms with van der Waals surface area (Å²) in [7, 11) is 0. The molecule has 0 saturated carbocycles. The molecule has 0 N–H and O–H groups in total. The number of rotatable bonds is 11. The Morgan fingerprint density at radius 3 is 2.36 bits per heavy atom. The van der Waals surface area contributed by atoms with E-state index in [0.29, 0.717) is 30.5 Å². The smallest absolute Gasteiger partial charge is 0.140 e. The van der Waals surface area contributed by atoms with Gasteiger partial charge in [-0.15, -0.1) is 0 Å². The maximum Gasteiger partial charge on any atom is 0.140 e. The van der Waals surface area contributed by atoms with Gasteiger partial charge in [-0.3, -0.25) is 9.59 Å². The summed E-state index contributed by atoms with van der Waals surface area (Å²) < 4.78 is 0. The van der Waals surface area contributed by atoms with E-state index < -0.39 is 0 Å². The van der Waals surface area contributed by atoms with E-state index >= 15 is 0 Å². The Balaban J connectivity index is 2.59. The molecular formula is C26H42O2. The molecule has 3 unspecified atom stereocenters. The molecule has 2 nitrogen and oxygen atoms in total. The normalized spacial score (nSPS) is 21.3. The van der Waals surface area contributed by atoms with Gasteiger partial charge in [-0.25, -0.2) is 0 Å². The van der Waals surface area contributed by atoms with Crippen LogP contribution in [0.5, 0.6) is 0 Å². The Labute approximate surface area is 173 Å². The number of carbonyl (C=O) groups is 2. The second-order valence-corrected chi connectivity index (χ2v) is 9.40. The Morgan fingerprint density at radius 1 is 1.11 bits per heavy atom. The Hall–Kier alpha value is -1.44. The fourth-order valence-electron chi connectivity index (χ4n) is 4.01. The molecule has 158 valence electrons. The first-order valence-electron chi connectivity index (χ1n) is 11.1. The van der Waals surface area contributed by atoms with Crippen molar-refractivity contribution in [3.8, 4) is 0 Å². The number of allylic oxidation sites excluding steroid dienone is 6. The third kappa shape index (κ3) is 8.71. The highest BCUT2D eigenvalue weighted by atomic mass is 16.1. The minimum atomic E-state index is -0.0314. The number of hydrogen-bond acceptors (Lipinski definition) is 2. The molecule has 0 fully saturated rings.